The SMILES string of the molecule is CN1CCC(=O)C[C@@H]1c1ccccc1Br. The molecule has 2 rings (SSSR count). The molecule has 2 nitrogen and oxygen atoms in total. The number of ketones is 1. The molecule has 1 aromatic rings. The first kappa shape index (κ1) is 10.8. The molecule has 1 saturated heterocycles. The Morgan fingerprint density at radius 1 is 1.40 bits per heavy atom. The molecule has 1 aliphatic heterocycles. The topological polar surface area (TPSA) is 20.3 Å². The van der Waals surface area contributed by atoms with E-state index < -0.39 is 0 Å². The summed E-state index contributed by atoms with van der Waals surface area (Å²) in [6, 6.07) is 8.37. The molecule has 0 N–H and O–H groups in total. The smallest absolute Gasteiger partial charge is 0.136 e. The van der Waals surface area contributed by atoms with Crippen LogP contribution in [0.3, 0.4) is 0 Å². The van der Waals surface area contributed by atoms with Crippen LogP contribution in [0.5, 0.6) is 0 Å². The van der Waals surface area contributed by atoms with Crippen molar-refractivity contribution >= 4 is 21.7 Å². The van der Waals surface area contributed by atoms with Crippen molar-refractivity contribution in [1.82, 2.24) is 4.90 Å². The molecule has 0 amide bonds. The quantitative estimate of drug-likeness (QED) is 0.780. The number of nitrogens with zero attached hydrogens (tertiary/aromatic N) is 1. The van der Waals surface area contributed by atoms with Crippen LogP contribution in [0.1, 0.15) is 24.4 Å². The number of benzene rings is 1. The maximum absolute atomic E-state index is 11.5. The minimum absolute atomic E-state index is 0.238. The van der Waals surface area contributed by atoms with Crippen LogP contribution in [0, 0.1) is 0 Å². The summed E-state index contributed by atoms with van der Waals surface area (Å²) in [7, 11) is 2.08. The van der Waals surface area contributed by atoms with Crippen LogP contribution < -0.4 is 0 Å². The van der Waals surface area contributed by atoms with E-state index in [1.54, 1.807) is 0 Å². The average Bonchev–Trinajstić information content (AvgIpc) is 2.23. The molecule has 0 saturated carbocycles. The fraction of sp³-hybridized carbons (Fsp3) is 0.417. The summed E-state index contributed by atoms with van der Waals surface area (Å²) < 4.78 is 1.09. The molecule has 1 fully saturated rings. The fourth-order valence-corrected chi connectivity index (χ4v) is 2.57. The van der Waals surface area contributed by atoms with Gasteiger partial charge in [-0.1, -0.05) is 34.1 Å². The predicted molar refractivity (Wildman–Crippen MR) is 63.8 cm³/mol. The summed E-state index contributed by atoms with van der Waals surface area (Å²) in [5.41, 5.74) is 1.22. The minimum atomic E-state index is 0.238. The molecule has 80 valence electrons. The average molecular weight is 268 g/mol. The molecule has 3 heteroatoms. The van der Waals surface area contributed by atoms with Gasteiger partial charge in [-0.05, 0) is 18.7 Å². The zero-order chi connectivity index (χ0) is 10.8. The van der Waals surface area contributed by atoms with E-state index in [0.29, 0.717) is 18.6 Å². The first-order valence-corrected chi connectivity index (χ1v) is 5.94. The molecule has 0 aliphatic carbocycles. The van der Waals surface area contributed by atoms with Crippen LogP contribution in [-0.4, -0.2) is 24.3 Å². The van der Waals surface area contributed by atoms with Gasteiger partial charge in [-0.3, -0.25) is 9.69 Å². The van der Waals surface area contributed by atoms with Crippen LogP contribution in [0.15, 0.2) is 28.7 Å². The molecule has 0 spiro atoms. The molecule has 0 radical (unpaired) electrons. The molecular weight excluding hydrogens is 254 g/mol. The Bertz CT molecular complexity index is 378. The summed E-state index contributed by atoms with van der Waals surface area (Å²) >= 11 is 3.54. The molecule has 1 atom stereocenters. The van der Waals surface area contributed by atoms with Crippen LogP contribution in [0.25, 0.3) is 0 Å². The number of carbonyl (C=O) groups excluding carboxylic acids is 1. The van der Waals surface area contributed by atoms with Gasteiger partial charge in [0.25, 0.3) is 0 Å². The summed E-state index contributed by atoms with van der Waals surface area (Å²) in [4.78, 5) is 13.7. The summed E-state index contributed by atoms with van der Waals surface area (Å²) in [5, 5.41) is 0. The molecule has 0 unspecified atom stereocenters. The third kappa shape index (κ3) is 2.29. The van der Waals surface area contributed by atoms with Crippen molar-refractivity contribution in [3.8, 4) is 0 Å². The minimum Gasteiger partial charge on any atom is -0.300 e. The van der Waals surface area contributed by atoms with Crippen molar-refractivity contribution in [2.24, 2.45) is 0 Å². The van der Waals surface area contributed by atoms with Gasteiger partial charge in [0, 0.05) is 29.9 Å². The monoisotopic (exact) mass is 267 g/mol. The molecule has 15 heavy (non-hydrogen) atoms. The summed E-state index contributed by atoms with van der Waals surface area (Å²) in [6.45, 7) is 0.866. The van der Waals surface area contributed by atoms with E-state index in [1.807, 2.05) is 18.2 Å². The van der Waals surface area contributed by atoms with E-state index in [9.17, 15) is 4.79 Å². The first-order valence-electron chi connectivity index (χ1n) is 5.15. The Hall–Kier alpha value is -0.670. The van der Waals surface area contributed by atoms with Crippen molar-refractivity contribution in [3.63, 3.8) is 0 Å². The van der Waals surface area contributed by atoms with Crippen molar-refractivity contribution in [3.05, 3.63) is 34.3 Å². The molecule has 1 aromatic carbocycles. The van der Waals surface area contributed by atoms with Crippen molar-refractivity contribution in [1.29, 1.82) is 0 Å². The Morgan fingerprint density at radius 2 is 2.13 bits per heavy atom. The lowest BCUT2D eigenvalue weighted by Crippen LogP contribution is -2.34. The van der Waals surface area contributed by atoms with E-state index in [2.05, 4.69) is 33.9 Å². The van der Waals surface area contributed by atoms with Crippen LogP contribution in [-0.2, 0) is 4.79 Å². The summed E-state index contributed by atoms with van der Waals surface area (Å²) in [5.74, 6) is 0.369. The van der Waals surface area contributed by atoms with Crippen LogP contribution in [0.4, 0.5) is 0 Å². The molecule has 0 aromatic heterocycles. The van der Waals surface area contributed by atoms with E-state index in [1.165, 1.54) is 5.56 Å². The highest BCUT2D eigenvalue weighted by Crippen LogP contribution is 2.32. The predicted octanol–water partition coefficient (Wildman–Crippen LogP) is 2.78. The van der Waals surface area contributed by atoms with Gasteiger partial charge in [-0.2, -0.15) is 0 Å². The van der Waals surface area contributed by atoms with Crippen molar-refractivity contribution < 1.29 is 4.79 Å². The standard InChI is InChI=1S/C12H14BrNO/c1-14-7-6-9(15)8-12(14)10-4-2-3-5-11(10)13/h2-5,12H,6-8H2,1H3/t12-/m1/s1. The number of piperidine rings is 1. The second-order valence-corrected chi connectivity index (χ2v) is 4.87. The highest BCUT2D eigenvalue weighted by atomic mass is 79.9. The van der Waals surface area contributed by atoms with E-state index in [0.717, 1.165) is 11.0 Å². The maximum atomic E-state index is 11.5. The lowest BCUT2D eigenvalue weighted by molar-refractivity contribution is -0.122. The third-order valence-electron chi connectivity index (χ3n) is 2.96. The van der Waals surface area contributed by atoms with Gasteiger partial charge < -0.3 is 0 Å². The van der Waals surface area contributed by atoms with Gasteiger partial charge in [-0.15, -0.1) is 0 Å². The lowest BCUT2D eigenvalue weighted by Gasteiger charge is -2.32. The van der Waals surface area contributed by atoms with E-state index in [-0.39, 0.29) is 6.04 Å². The molecule has 1 aliphatic rings. The number of rotatable bonds is 1. The van der Waals surface area contributed by atoms with Gasteiger partial charge in [0.1, 0.15) is 5.78 Å². The van der Waals surface area contributed by atoms with Gasteiger partial charge in [0.05, 0.1) is 0 Å². The second kappa shape index (κ2) is 4.45. The first-order chi connectivity index (χ1) is 7.18. The lowest BCUT2D eigenvalue weighted by atomic mass is 9.95. The zero-order valence-electron chi connectivity index (χ0n) is 8.74. The van der Waals surface area contributed by atoms with E-state index in [4.69, 9.17) is 0 Å². The van der Waals surface area contributed by atoms with Crippen molar-refractivity contribution in [2.75, 3.05) is 13.6 Å². The second-order valence-electron chi connectivity index (χ2n) is 4.01. The normalized spacial score (nSPS) is 23.1. The number of likely N-dealkylation sites (tertiary alicyclic amines) is 1. The van der Waals surface area contributed by atoms with Gasteiger partial charge in [0.15, 0.2) is 0 Å². The largest absolute Gasteiger partial charge is 0.300 e. The Balaban J connectivity index is 2.29. The summed E-state index contributed by atoms with van der Waals surface area (Å²) in [6.07, 6.45) is 1.33. The van der Waals surface area contributed by atoms with Crippen molar-refractivity contribution in [2.45, 2.75) is 18.9 Å². The van der Waals surface area contributed by atoms with Gasteiger partial charge in [-0.25, -0.2) is 0 Å². The number of halogens is 1. The van der Waals surface area contributed by atoms with Crippen LogP contribution >= 0.6 is 15.9 Å². The molecule has 1 heterocycles. The Kier molecular flexibility index (Phi) is 3.22. The highest BCUT2D eigenvalue weighted by Gasteiger charge is 2.26. The maximum Gasteiger partial charge on any atom is 0.136 e. The number of carbonyl (C=O) groups is 1. The number of hydrogen-bond donors (Lipinski definition) is 0. The fourth-order valence-electron chi connectivity index (χ4n) is 2.02. The third-order valence-corrected chi connectivity index (χ3v) is 3.68. The number of hydrogen-bond acceptors (Lipinski definition) is 2. The number of Topliss-reactive ketones (excluding diaryl/α,β-unsaturated/α-hetero) is 1. The Morgan fingerprint density at radius 3 is 2.87 bits per heavy atom. The Labute approximate surface area is 98.4 Å². The van der Waals surface area contributed by atoms with Gasteiger partial charge in [0.2, 0.25) is 0 Å². The zero-order valence-corrected chi connectivity index (χ0v) is 10.3. The van der Waals surface area contributed by atoms with E-state index >= 15 is 0 Å². The van der Waals surface area contributed by atoms with Crippen LogP contribution in [0.2, 0.25) is 0 Å². The highest BCUT2D eigenvalue weighted by molar-refractivity contribution is 9.10. The molecule has 0 bridgehead atoms. The molecular formula is C12H14BrNO. The van der Waals surface area contributed by atoms with Gasteiger partial charge >= 0.3 is 0 Å².